The number of rotatable bonds is 5. The van der Waals surface area contributed by atoms with Gasteiger partial charge in [0.1, 0.15) is 0 Å². The van der Waals surface area contributed by atoms with Crippen LogP contribution >= 0.6 is 34.3 Å². The van der Waals surface area contributed by atoms with Gasteiger partial charge >= 0.3 is 5.00 Å². The van der Waals surface area contributed by atoms with Gasteiger partial charge in [-0.15, -0.1) is 6.58 Å². The van der Waals surface area contributed by atoms with Crippen molar-refractivity contribution >= 4 is 61.5 Å². The zero-order chi connectivity index (χ0) is 18.7. The van der Waals surface area contributed by atoms with E-state index in [0.717, 1.165) is 21.6 Å². The molecule has 0 spiro atoms. The Hall–Kier alpha value is -2.55. The molecular formula is C17H12ClN3O3S2. The van der Waals surface area contributed by atoms with E-state index in [1.807, 2.05) is 16.7 Å². The molecule has 0 aliphatic heterocycles. The van der Waals surface area contributed by atoms with Crippen LogP contribution in [0.3, 0.4) is 0 Å². The van der Waals surface area contributed by atoms with Crippen molar-refractivity contribution in [2.75, 3.05) is 0 Å². The smallest absolute Gasteiger partial charge is 0.311 e. The van der Waals surface area contributed by atoms with E-state index in [-0.39, 0.29) is 5.00 Å². The summed E-state index contributed by atoms with van der Waals surface area (Å²) in [5.74, 6) is -0.457. The molecule has 9 heteroatoms. The third kappa shape index (κ3) is 3.82. The van der Waals surface area contributed by atoms with Crippen molar-refractivity contribution < 1.29 is 9.72 Å². The largest absolute Gasteiger partial charge is 0.324 e. The van der Waals surface area contributed by atoms with E-state index in [9.17, 15) is 14.9 Å². The summed E-state index contributed by atoms with van der Waals surface area (Å²) >= 11 is 8.63. The number of carbonyl (C=O) groups is 1. The maximum Gasteiger partial charge on any atom is 0.324 e. The number of nitrogens with zero attached hydrogens (tertiary/aromatic N) is 3. The number of amides is 1. The van der Waals surface area contributed by atoms with E-state index in [1.54, 1.807) is 18.2 Å². The molecule has 1 amide bonds. The number of allylic oxidation sites excluding steroid dienone is 1. The lowest BCUT2D eigenvalue weighted by Gasteiger charge is -2.02. The lowest BCUT2D eigenvalue weighted by atomic mass is 10.3. The summed E-state index contributed by atoms with van der Waals surface area (Å²) in [5, 5.41) is 11.3. The van der Waals surface area contributed by atoms with Crippen LogP contribution in [0.5, 0.6) is 0 Å². The summed E-state index contributed by atoms with van der Waals surface area (Å²) in [6, 6.07) is 8.53. The van der Waals surface area contributed by atoms with Crippen molar-refractivity contribution in [2.24, 2.45) is 4.99 Å². The quantitative estimate of drug-likeness (QED) is 0.268. The number of thiazole rings is 1. The first kappa shape index (κ1) is 18.2. The fraction of sp³-hybridized carbons (Fsp3) is 0.0588. The standard InChI is InChI=1S/C17H12ClN3O3S2/c1-2-10-20-16-12(18)4-3-5-13(16)26-17(20)19-14(22)8-6-11-7-9-15(25-11)21(23)24/h2-9H,1,10H2/b8-6+,19-17?. The topological polar surface area (TPSA) is 77.5 Å². The van der Waals surface area contributed by atoms with Gasteiger partial charge in [0.2, 0.25) is 0 Å². The lowest BCUT2D eigenvalue weighted by Crippen LogP contribution is -2.15. The highest BCUT2D eigenvalue weighted by molar-refractivity contribution is 7.16. The Morgan fingerprint density at radius 3 is 2.85 bits per heavy atom. The lowest BCUT2D eigenvalue weighted by molar-refractivity contribution is -0.380. The molecule has 0 aliphatic rings. The minimum absolute atomic E-state index is 0.0250. The summed E-state index contributed by atoms with van der Waals surface area (Å²) in [4.78, 5) is 27.7. The van der Waals surface area contributed by atoms with E-state index in [2.05, 4.69) is 11.6 Å². The monoisotopic (exact) mass is 405 g/mol. The summed E-state index contributed by atoms with van der Waals surface area (Å²) in [5.41, 5.74) is 0.809. The molecule has 0 saturated carbocycles. The molecule has 0 radical (unpaired) electrons. The van der Waals surface area contributed by atoms with Crippen LogP contribution in [-0.2, 0) is 11.3 Å². The Balaban J connectivity index is 1.95. The predicted molar refractivity (Wildman–Crippen MR) is 106 cm³/mol. The van der Waals surface area contributed by atoms with Gasteiger partial charge in [0.25, 0.3) is 5.91 Å². The maximum absolute atomic E-state index is 12.2. The van der Waals surface area contributed by atoms with Crippen molar-refractivity contribution in [3.63, 3.8) is 0 Å². The number of benzene rings is 1. The Labute approximate surface area is 161 Å². The molecule has 0 saturated heterocycles. The van der Waals surface area contributed by atoms with E-state index in [4.69, 9.17) is 11.6 Å². The van der Waals surface area contributed by atoms with Crippen LogP contribution in [0.1, 0.15) is 4.88 Å². The molecule has 0 N–H and O–H groups in total. The molecule has 0 unspecified atom stereocenters. The van der Waals surface area contributed by atoms with Gasteiger partial charge in [-0.3, -0.25) is 14.9 Å². The second kappa shape index (κ2) is 7.77. The van der Waals surface area contributed by atoms with Gasteiger partial charge in [0.15, 0.2) is 4.80 Å². The molecule has 1 aromatic carbocycles. The van der Waals surface area contributed by atoms with Crippen LogP contribution in [0.2, 0.25) is 5.02 Å². The average Bonchev–Trinajstić information content (AvgIpc) is 3.20. The Kier molecular flexibility index (Phi) is 5.46. The fourth-order valence-corrected chi connectivity index (χ4v) is 4.41. The van der Waals surface area contributed by atoms with E-state index < -0.39 is 10.8 Å². The van der Waals surface area contributed by atoms with Gasteiger partial charge in [-0.2, -0.15) is 4.99 Å². The van der Waals surface area contributed by atoms with Crippen molar-refractivity contribution in [1.82, 2.24) is 4.57 Å². The molecule has 3 aromatic rings. The van der Waals surface area contributed by atoms with Crippen LogP contribution in [0, 0.1) is 10.1 Å². The first-order valence-corrected chi connectivity index (χ1v) is 9.40. The third-order valence-electron chi connectivity index (χ3n) is 3.35. The highest BCUT2D eigenvalue weighted by atomic mass is 35.5. The van der Waals surface area contributed by atoms with E-state index in [1.165, 1.54) is 29.6 Å². The van der Waals surface area contributed by atoms with Gasteiger partial charge in [0, 0.05) is 23.6 Å². The van der Waals surface area contributed by atoms with Gasteiger partial charge in [-0.05, 0) is 24.3 Å². The Morgan fingerprint density at radius 1 is 1.35 bits per heavy atom. The number of fused-ring (bicyclic) bond motifs is 1. The van der Waals surface area contributed by atoms with Crippen LogP contribution in [0.15, 0.2) is 54.1 Å². The predicted octanol–water partition coefficient (Wildman–Crippen LogP) is 4.65. The summed E-state index contributed by atoms with van der Waals surface area (Å²) in [6.45, 7) is 4.20. The zero-order valence-electron chi connectivity index (χ0n) is 13.3. The minimum atomic E-state index is -0.465. The first-order valence-electron chi connectivity index (χ1n) is 7.39. The van der Waals surface area contributed by atoms with Gasteiger partial charge in [-0.1, -0.05) is 46.4 Å². The van der Waals surface area contributed by atoms with Gasteiger partial charge in [-0.25, -0.2) is 0 Å². The van der Waals surface area contributed by atoms with Crippen LogP contribution in [0.25, 0.3) is 16.3 Å². The molecule has 2 aromatic heterocycles. The number of para-hydroxylation sites is 1. The molecule has 0 aliphatic carbocycles. The highest BCUT2D eigenvalue weighted by Gasteiger charge is 2.10. The number of carbonyl (C=O) groups excluding carboxylic acids is 1. The molecule has 132 valence electrons. The van der Waals surface area contributed by atoms with Crippen LogP contribution in [-0.4, -0.2) is 15.4 Å². The molecule has 6 nitrogen and oxygen atoms in total. The van der Waals surface area contributed by atoms with Crippen molar-refractivity contribution in [3.8, 4) is 0 Å². The second-order valence-electron chi connectivity index (χ2n) is 5.09. The number of thiophene rings is 1. The molecule has 2 heterocycles. The normalized spacial score (nSPS) is 12.1. The molecule has 0 fully saturated rings. The Bertz CT molecular complexity index is 1110. The zero-order valence-corrected chi connectivity index (χ0v) is 15.7. The molecule has 0 atom stereocenters. The summed E-state index contributed by atoms with van der Waals surface area (Å²) < 4.78 is 2.75. The minimum Gasteiger partial charge on any atom is -0.311 e. The molecular weight excluding hydrogens is 394 g/mol. The van der Waals surface area contributed by atoms with Crippen molar-refractivity contribution in [2.45, 2.75) is 6.54 Å². The molecule has 26 heavy (non-hydrogen) atoms. The summed E-state index contributed by atoms with van der Waals surface area (Å²) in [6.07, 6.45) is 4.51. The Morgan fingerprint density at radius 2 is 2.15 bits per heavy atom. The SMILES string of the molecule is C=CCn1c(=NC(=O)/C=C/c2ccc([N+](=O)[O-])s2)sc2cccc(Cl)c21. The first-order chi connectivity index (χ1) is 12.5. The van der Waals surface area contributed by atoms with Crippen LogP contribution < -0.4 is 4.80 Å². The third-order valence-corrected chi connectivity index (χ3v) is 5.70. The number of aromatic nitrogens is 1. The molecule has 3 rings (SSSR count). The van der Waals surface area contributed by atoms with Crippen molar-refractivity contribution in [1.29, 1.82) is 0 Å². The average molecular weight is 406 g/mol. The van der Waals surface area contributed by atoms with Gasteiger partial charge < -0.3 is 4.57 Å². The van der Waals surface area contributed by atoms with Gasteiger partial charge in [0.05, 0.1) is 20.2 Å². The fourth-order valence-electron chi connectivity index (χ4n) is 2.29. The number of hydrogen-bond donors (Lipinski definition) is 0. The van der Waals surface area contributed by atoms with Crippen molar-refractivity contribution in [3.05, 3.63) is 73.9 Å². The summed E-state index contributed by atoms with van der Waals surface area (Å²) in [7, 11) is 0. The van der Waals surface area contributed by atoms with E-state index in [0.29, 0.717) is 21.2 Å². The number of halogens is 1. The van der Waals surface area contributed by atoms with E-state index >= 15 is 0 Å². The number of hydrogen-bond acceptors (Lipinski definition) is 5. The maximum atomic E-state index is 12.2. The molecule has 0 bridgehead atoms. The number of nitro groups is 1. The van der Waals surface area contributed by atoms with Crippen LogP contribution in [0.4, 0.5) is 5.00 Å². The second-order valence-corrected chi connectivity index (χ2v) is 7.60. The highest BCUT2D eigenvalue weighted by Crippen LogP contribution is 2.26.